The Morgan fingerprint density at radius 3 is 2.54 bits per heavy atom. The molecule has 3 rings (SSSR count). The van der Waals surface area contributed by atoms with Crippen LogP contribution in [0.15, 0.2) is 55.0 Å². The Kier molecular flexibility index (Phi) is 4.28. The molecule has 0 aliphatic rings. The number of nitrogens with one attached hydrogen (secondary N) is 1. The second-order valence-corrected chi connectivity index (χ2v) is 4.89. The predicted octanol–water partition coefficient (Wildman–Crippen LogP) is 3.62. The number of hydrogen-bond donors (Lipinski definition) is 1. The number of aromatic nitrogens is 3. The lowest BCUT2D eigenvalue weighted by Crippen LogP contribution is -2.04. The topological polar surface area (TPSA) is 103 Å². The van der Waals surface area contributed by atoms with E-state index < -0.39 is 4.92 Å². The molecule has 1 aromatic carbocycles. The Balaban J connectivity index is 1.96. The average Bonchev–Trinajstić information content (AvgIpc) is 2.58. The number of nitrogens with zero attached hydrogens (tertiary/aromatic N) is 4. The molecule has 0 aliphatic heterocycles. The molecular formula is C16H13N5O3. The van der Waals surface area contributed by atoms with Crippen molar-refractivity contribution in [3.05, 3.63) is 70.7 Å². The zero-order valence-electron chi connectivity index (χ0n) is 12.7. The van der Waals surface area contributed by atoms with Gasteiger partial charge in [-0.05, 0) is 31.2 Å². The van der Waals surface area contributed by atoms with Gasteiger partial charge < -0.3 is 10.1 Å². The van der Waals surface area contributed by atoms with Crippen LogP contribution < -0.4 is 10.1 Å². The summed E-state index contributed by atoms with van der Waals surface area (Å²) in [7, 11) is 0. The molecule has 0 saturated heterocycles. The third-order valence-corrected chi connectivity index (χ3v) is 3.12. The number of aryl methyl sites for hydroxylation is 1. The van der Waals surface area contributed by atoms with E-state index in [0.717, 1.165) is 5.56 Å². The van der Waals surface area contributed by atoms with Crippen molar-refractivity contribution in [1.29, 1.82) is 0 Å². The predicted molar refractivity (Wildman–Crippen MR) is 87.5 cm³/mol. The summed E-state index contributed by atoms with van der Waals surface area (Å²) in [5, 5.41) is 14.3. The number of nitro groups is 1. The Bertz CT molecular complexity index is 853. The van der Waals surface area contributed by atoms with Crippen molar-refractivity contribution < 1.29 is 9.66 Å². The molecule has 0 fully saturated rings. The van der Waals surface area contributed by atoms with E-state index in [1.807, 2.05) is 19.1 Å². The highest BCUT2D eigenvalue weighted by Gasteiger charge is 2.25. The van der Waals surface area contributed by atoms with Gasteiger partial charge in [-0.1, -0.05) is 23.8 Å². The summed E-state index contributed by atoms with van der Waals surface area (Å²) in [6.45, 7) is 1.94. The van der Waals surface area contributed by atoms with Gasteiger partial charge in [-0.2, -0.15) is 4.98 Å². The first-order valence-electron chi connectivity index (χ1n) is 7.05. The molecule has 0 amide bonds. The van der Waals surface area contributed by atoms with E-state index in [1.165, 1.54) is 6.33 Å². The van der Waals surface area contributed by atoms with Gasteiger partial charge in [0.05, 0.1) is 4.92 Å². The first-order valence-corrected chi connectivity index (χ1v) is 7.05. The Morgan fingerprint density at radius 2 is 1.88 bits per heavy atom. The zero-order valence-corrected chi connectivity index (χ0v) is 12.7. The minimum absolute atomic E-state index is 0.0100. The molecule has 120 valence electrons. The molecular weight excluding hydrogens is 310 g/mol. The maximum Gasteiger partial charge on any atom is 0.373 e. The minimum atomic E-state index is -0.588. The van der Waals surface area contributed by atoms with E-state index in [4.69, 9.17) is 4.74 Å². The fourth-order valence-corrected chi connectivity index (χ4v) is 1.97. The smallest absolute Gasteiger partial charge is 0.373 e. The maximum atomic E-state index is 11.5. The van der Waals surface area contributed by atoms with E-state index >= 15 is 0 Å². The van der Waals surface area contributed by atoms with Crippen LogP contribution in [0.2, 0.25) is 0 Å². The monoisotopic (exact) mass is 323 g/mol. The van der Waals surface area contributed by atoms with E-state index in [1.54, 1.807) is 36.5 Å². The molecule has 1 N–H and O–H groups in total. The van der Waals surface area contributed by atoms with Crippen LogP contribution in [0.3, 0.4) is 0 Å². The highest BCUT2D eigenvalue weighted by Crippen LogP contribution is 2.35. The van der Waals surface area contributed by atoms with Crippen LogP contribution in [-0.4, -0.2) is 19.9 Å². The molecule has 2 heterocycles. The molecule has 0 radical (unpaired) electrons. The number of ether oxygens (including phenoxy) is 1. The number of hydrogen-bond acceptors (Lipinski definition) is 7. The van der Waals surface area contributed by atoms with Gasteiger partial charge in [-0.3, -0.25) is 10.1 Å². The van der Waals surface area contributed by atoms with Gasteiger partial charge in [-0.15, -0.1) is 0 Å². The van der Waals surface area contributed by atoms with Gasteiger partial charge >= 0.3 is 11.6 Å². The molecule has 0 atom stereocenters. The standard InChI is InChI=1S/C16H13N5O3/c1-11-5-7-12(8-6-11)24-16-14(21(22)23)15(18-10-19-16)20-13-4-2-3-9-17-13/h2-10H,1H3,(H,17,18,19,20). The third-order valence-electron chi connectivity index (χ3n) is 3.12. The molecule has 2 aromatic heterocycles. The van der Waals surface area contributed by atoms with E-state index in [9.17, 15) is 10.1 Å². The highest BCUT2D eigenvalue weighted by molar-refractivity contribution is 5.67. The van der Waals surface area contributed by atoms with Crippen LogP contribution >= 0.6 is 0 Å². The molecule has 0 unspecified atom stereocenters. The number of anilines is 2. The van der Waals surface area contributed by atoms with Crippen LogP contribution in [0.25, 0.3) is 0 Å². The molecule has 8 heteroatoms. The van der Waals surface area contributed by atoms with Crippen molar-refractivity contribution in [2.24, 2.45) is 0 Å². The fraction of sp³-hybridized carbons (Fsp3) is 0.0625. The number of rotatable bonds is 5. The molecule has 0 aliphatic carbocycles. The second-order valence-electron chi connectivity index (χ2n) is 4.89. The van der Waals surface area contributed by atoms with Gasteiger partial charge in [0.25, 0.3) is 0 Å². The van der Waals surface area contributed by atoms with Gasteiger partial charge in [-0.25, -0.2) is 9.97 Å². The van der Waals surface area contributed by atoms with Crippen LogP contribution in [-0.2, 0) is 0 Å². The average molecular weight is 323 g/mol. The molecule has 24 heavy (non-hydrogen) atoms. The minimum Gasteiger partial charge on any atom is -0.434 e. The molecule has 8 nitrogen and oxygen atoms in total. The van der Waals surface area contributed by atoms with E-state index in [-0.39, 0.29) is 17.4 Å². The summed E-state index contributed by atoms with van der Waals surface area (Å²) < 4.78 is 5.55. The fourth-order valence-electron chi connectivity index (χ4n) is 1.97. The quantitative estimate of drug-likeness (QED) is 0.565. The van der Waals surface area contributed by atoms with Crippen molar-refractivity contribution in [3.63, 3.8) is 0 Å². The van der Waals surface area contributed by atoms with Crippen LogP contribution in [0.4, 0.5) is 17.3 Å². The van der Waals surface area contributed by atoms with Crippen LogP contribution in [0.5, 0.6) is 11.6 Å². The van der Waals surface area contributed by atoms with Crippen molar-refractivity contribution in [2.45, 2.75) is 6.92 Å². The summed E-state index contributed by atoms with van der Waals surface area (Å²) in [4.78, 5) is 22.7. The Morgan fingerprint density at radius 1 is 1.08 bits per heavy atom. The Labute approximate surface area is 137 Å². The van der Waals surface area contributed by atoms with Crippen LogP contribution in [0.1, 0.15) is 5.56 Å². The summed E-state index contributed by atoms with van der Waals surface area (Å²) >= 11 is 0. The summed E-state index contributed by atoms with van der Waals surface area (Å²) in [5.74, 6) is 0.750. The lowest BCUT2D eigenvalue weighted by atomic mass is 10.2. The lowest BCUT2D eigenvalue weighted by Gasteiger charge is -2.09. The molecule has 0 bridgehead atoms. The van der Waals surface area contributed by atoms with E-state index in [2.05, 4.69) is 20.3 Å². The maximum absolute atomic E-state index is 11.5. The molecule has 0 spiro atoms. The molecule has 3 aromatic rings. The second kappa shape index (κ2) is 6.69. The highest BCUT2D eigenvalue weighted by atomic mass is 16.6. The SMILES string of the molecule is Cc1ccc(Oc2ncnc(Nc3ccccn3)c2[N+](=O)[O-])cc1. The van der Waals surface area contributed by atoms with Gasteiger partial charge in [0.2, 0.25) is 5.82 Å². The number of pyridine rings is 1. The normalized spacial score (nSPS) is 10.2. The van der Waals surface area contributed by atoms with Crippen molar-refractivity contribution >= 4 is 17.3 Å². The number of benzene rings is 1. The van der Waals surface area contributed by atoms with Crippen LogP contribution in [0, 0.1) is 17.0 Å². The summed E-state index contributed by atoms with van der Waals surface area (Å²) in [6.07, 6.45) is 2.76. The van der Waals surface area contributed by atoms with Gasteiger partial charge in [0.1, 0.15) is 17.9 Å². The summed E-state index contributed by atoms with van der Waals surface area (Å²) in [6, 6.07) is 12.3. The zero-order chi connectivity index (χ0) is 16.9. The first-order chi connectivity index (χ1) is 11.6. The van der Waals surface area contributed by atoms with Gasteiger partial charge in [0.15, 0.2) is 0 Å². The lowest BCUT2D eigenvalue weighted by molar-refractivity contribution is -0.385. The van der Waals surface area contributed by atoms with Crippen molar-refractivity contribution in [3.8, 4) is 11.6 Å². The molecule has 0 saturated carbocycles. The van der Waals surface area contributed by atoms with E-state index in [0.29, 0.717) is 11.6 Å². The largest absolute Gasteiger partial charge is 0.434 e. The first kappa shape index (κ1) is 15.3. The van der Waals surface area contributed by atoms with Crippen molar-refractivity contribution in [2.75, 3.05) is 5.32 Å². The van der Waals surface area contributed by atoms with Crippen molar-refractivity contribution in [1.82, 2.24) is 15.0 Å². The summed E-state index contributed by atoms with van der Waals surface area (Å²) in [5.41, 5.74) is 0.695. The van der Waals surface area contributed by atoms with Gasteiger partial charge in [0, 0.05) is 6.20 Å². The third kappa shape index (κ3) is 3.43. The Hall–Kier alpha value is -3.55.